The summed E-state index contributed by atoms with van der Waals surface area (Å²) in [5, 5.41) is 14.5. The normalized spacial score (nSPS) is 15.5. The first-order valence-electron chi connectivity index (χ1n) is 6.85. The molecule has 1 fully saturated rings. The molecule has 1 aromatic carbocycles. The number of benzene rings is 1. The molecule has 1 aliphatic heterocycles. The monoisotopic (exact) mass is 293 g/mol. The highest BCUT2D eigenvalue weighted by atomic mass is 16.6. The Bertz CT molecular complexity index is 541. The number of nitro groups is 1. The van der Waals surface area contributed by atoms with Crippen LogP contribution in [0.4, 0.5) is 11.4 Å². The van der Waals surface area contributed by atoms with Crippen LogP contribution in [0.5, 0.6) is 0 Å². The molecule has 0 bridgehead atoms. The van der Waals surface area contributed by atoms with E-state index >= 15 is 0 Å². The van der Waals surface area contributed by atoms with Gasteiger partial charge >= 0.3 is 5.97 Å². The van der Waals surface area contributed by atoms with Crippen molar-refractivity contribution in [1.82, 2.24) is 5.32 Å². The first kappa shape index (κ1) is 15.2. The van der Waals surface area contributed by atoms with Crippen molar-refractivity contribution in [2.75, 3.05) is 32.1 Å². The number of hydrogen-bond donors (Lipinski definition) is 1. The van der Waals surface area contributed by atoms with Crippen molar-refractivity contribution in [3.63, 3.8) is 0 Å². The minimum atomic E-state index is -0.496. The largest absolute Gasteiger partial charge is 0.465 e. The fourth-order valence-corrected chi connectivity index (χ4v) is 2.60. The number of nitrogens with one attached hydrogen (secondary N) is 1. The molecule has 7 nitrogen and oxygen atoms in total. The fourth-order valence-electron chi connectivity index (χ4n) is 2.60. The van der Waals surface area contributed by atoms with Gasteiger partial charge in [-0.15, -0.1) is 0 Å². The van der Waals surface area contributed by atoms with Crippen molar-refractivity contribution >= 4 is 17.3 Å². The van der Waals surface area contributed by atoms with Crippen LogP contribution in [0.2, 0.25) is 0 Å². The van der Waals surface area contributed by atoms with Gasteiger partial charge in [0.05, 0.1) is 17.6 Å². The highest BCUT2D eigenvalue weighted by Crippen LogP contribution is 2.31. The molecule has 0 unspecified atom stereocenters. The van der Waals surface area contributed by atoms with E-state index in [-0.39, 0.29) is 11.7 Å². The fraction of sp³-hybridized carbons (Fsp3) is 0.500. The number of carbonyl (C=O) groups excluding carboxylic acids is 1. The van der Waals surface area contributed by atoms with Crippen molar-refractivity contribution in [2.24, 2.45) is 0 Å². The van der Waals surface area contributed by atoms with Gasteiger partial charge in [-0.05, 0) is 38.1 Å². The molecular formula is C14H19N3O4. The summed E-state index contributed by atoms with van der Waals surface area (Å²) in [5.41, 5.74) is 0.775. The van der Waals surface area contributed by atoms with Crippen molar-refractivity contribution in [1.29, 1.82) is 0 Å². The molecule has 0 saturated carbocycles. The van der Waals surface area contributed by atoms with Crippen LogP contribution < -0.4 is 10.2 Å². The van der Waals surface area contributed by atoms with Crippen LogP contribution in [-0.4, -0.2) is 44.2 Å². The quantitative estimate of drug-likeness (QED) is 0.515. The predicted molar refractivity (Wildman–Crippen MR) is 78.7 cm³/mol. The van der Waals surface area contributed by atoms with Crippen molar-refractivity contribution in [3.05, 3.63) is 33.9 Å². The van der Waals surface area contributed by atoms with Gasteiger partial charge in [-0.2, -0.15) is 0 Å². The van der Waals surface area contributed by atoms with E-state index in [1.54, 1.807) is 0 Å². The summed E-state index contributed by atoms with van der Waals surface area (Å²) in [6.45, 7) is 1.78. The van der Waals surface area contributed by atoms with E-state index in [1.807, 2.05) is 11.9 Å². The topological polar surface area (TPSA) is 84.7 Å². The number of ether oxygens (including phenoxy) is 1. The lowest BCUT2D eigenvalue weighted by atomic mass is 10.0. The highest BCUT2D eigenvalue weighted by Gasteiger charge is 2.25. The van der Waals surface area contributed by atoms with Crippen molar-refractivity contribution < 1.29 is 14.5 Å². The van der Waals surface area contributed by atoms with E-state index in [0.29, 0.717) is 11.3 Å². The summed E-state index contributed by atoms with van der Waals surface area (Å²) >= 11 is 0. The third-order valence-electron chi connectivity index (χ3n) is 3.83. The molecule has 0 aliphatic carbocycles. The molecule has 0 atom stereocenters. The smallest absolute Gasteiger partial charge is 0.337 e. The zero-order chi connectivity index (χ0) is 15.4. The van der Waals surface area contributed by atoms with E-state index in [4.69, 9.17) is 0 Å². The molecule has 1 heterocycles. The minimum absolute atomic E-state index is 0.00341. The van der Waals surface area contributed by atoms with Gasteiger partial charge < -0.3 is 15.0 Å². The van der Waals surface area contributed by atoms with Gasteiger partial charge in [0.2, 0.25) is 0 Å². The van der Waals surface area contributed by atoms with Crippen molar-refractivity contribution in [3.8, 4) is 0 Å². The van der Waals surface area contributed by atoms with E-state index in [2.05, 4.69) is 10.1 Å². The Morgan fingerprint density at radius 2 is 2.10 bits per heavy atom. The Morgan fingerprint density at radius 3 is 2.67 bits per heavy atom. The molecule has 21 heavy (non-hydrogen) atoms. The number of rotatable bonds is 4. The SMILES string of the molecule is COC(=O)c1ccc([N+](=O)[O-])c(N(C)C2CCNCC2)c1. The zero-order valence-electron chi connectivity index (χ0n) is 12.2. The predicted octanol–water partition coefficient (Wildman–Crippen LogP) is 1.57. The summed E-state index contributed by atoms with van der Waals surface area (Å²) in [7, 11) is 3.12. The molecular weight excluding hydrogens is 274 g/mol. The number of hydrogen-bond acceptors (Lipinski definition) is 6. The lowest BCUT2D eigenvalue weighted by molar-refractivity contribution is -0.384. The average Bonchev–Trinajstić information content (AvgIpc) is 2.53. The maximum atomic E-state index is 11.6. The van der Waals surface area contributed by atoms with Gasteiger partial charge in [-0.1, -0.05) is 0 Å². The van der Waals surface area contributed by atoms with Gasteiger partial charge in [-0.3, -0.25) is 10.1 Å². The van der Waals surface area contributed by atoms with Crippen LogP contribution in [0.25, 0.3) is 0 Å². The maximum Gasteiger partial charge on any atom is 0.337 e. The van der Waals surface area contributed by atoms with Crippen LogP contribution in [0, 0.1) is 10.1 Å². The number of esters is 1. The molecule has 1 N–H and O–H groups in total. The summed E-state index contributed by atoms with van der Waals surface area (Å²) in [5.74, 6) is -0.496. The third-order valence-corrected chi connectivity index (χ3v) is 3.83. The lowest BCUT2D eigenvalue weighted by Crippen LogP contribution is -2.41. The molecule has 1 aromatic rings. The molecule has 1 saturated heterocycles. The highest BCUT2D eigenvalue weighted by molar-refractivity contribution is 5.91. The second-order valence-electron chi connectivity index (χ2n) is 5.04. The zero-order valence-corrected chi connectivity index (χ0v) is 12.2. The molecule has 0 radical (unpaired) electrons. The summed E-state index contributed by atoms with van der Waals surface area (Å²) in [4.78, 5) is 24.3. The van der Waals surface area contributed by atoms with Gasteiger partial charge in [0.15, 0.2) is 0 Å². The van der Waals surface area contributed by atoms with Crippen LogP contribution >= 0.6 is 0 Å². The molecule has 7 heteroatoms. The van der Waals surface area contributed by atoms with Crippen LogP contribution in [0.15, 0.2) is 18.2 Å². The molecule has 0 amide bonds. The molecule has 0 aromatic heterocycles. The van der Waals surface area contributed by atoms with Gasteiger partial charge in [0.25, 0.3) is 5.69 Å². The minimum Gasteiger partial charge on any atom is -0.465 e. The second-order valence-corrected chi connectivity index (χ2v) is 5.04. The van der Waals surface area contributed by atoms with Gasteiger partial charge in [-0.25, -0.2) is 4.79 Å². The summed E-state index contributed by atoms with van der Waals surface area (Å²) < 4.78 is 4.68. The maximum absolute atomic E-state index is 11.6. The average molecular weight is 293 g/mol. The Labute approximate surface area is 123 Å². The molecule has 0 spiro atoms. The van der Waals surface area contributed by atoms with E-state index in [1.165, 1.54) is 25.3 Å². The molecule has 114 valence electrons. The number of anilines is 1. The number of nitrogens with zero attached hydrogens (tertiary/aromatic N) is 2. The van der Waals surface area contributed by atoms with Gasteiger partial charge in [0.1, 0.15) is 5.69 Å². The Hall–Kier alpha value is -2.15. The molecule has 2 rings (SSSR count). The number of piperidine rings is 1. The first-order valence-corrected chi connectivity index (χ1v) is 6.85. The van der Waals surface area contributed by atoms with Crippen LogP contribution in [0.3, 0.4) is 0 Å². The van der Waals surface area contributed by atoms with Gasteiger partial charge in [0, 0.05) is 19.2 Å². The van der Waals surface area contributed by atoms with Crippen molar-refractivity contribution in [2.45, 2.75) is 18.9 Å². The Morgan fingerprint density at radius 1 is 1.43 bits per heavy atom. The second kappa shape index (κ2) is 6.53. The van der Waals surface area contributed by atoms with E-state index < -0.39 is 10.9 Å². The van der Waals surface area contributed by atoms with Crippen LogP contribution in [-0.2, 0) is 4.74 Å². The van der Waals surface area contributed by atoms with E-state index in [0.717, 1.165) is 25.9 Å². The standard InChI is InChI=1S/C14H19N3O4/c1-16(11-5-7-15-8-6-11)13-9-10(14(18)21-2)3-4-12(13)17(19)20/h3-4,9,11,15H,5-8H2,1-2H3. The lowest BCUT2D eigenvalue weighted by Gasteiger charge is -2.33. The number of carbonyl (C=O) groups is 1. The Kier molecular flexibility index (Phi) is 4.74. The van der Waals surface area contributed by atoms with E-state index in [9.17, 15) is 14.9 Å². The third kappa shape index (κ3) is 3.30. The summed E-state index contributed by atoms with van der Waals surface area (Å²) in [6, 6.07) is 4.53. The van der Waals surface area contributed by atoms with Crippen LogP contribution in [0.1, 0.15) is 23.2 Å². The summed E-state index contributed by atoms with van der Waals surface area (Å²) in [6.07, 6.45) is 1.83. The number of methoxy groups -OCH3 is 1. The molecule has 1 aliphatic rings. The Balaban J connectivity index is 2.37. The first-order chi connectivity index (χ1) is 10.0. The number of nitro benzene ring substituents is 1.